The molecule has 1 aromatic rings. The van der Waals surface area contributed by atoms with Crippen molar-refractivity contribution in [3.63, 3.8) is 0 Å². The van der Waals surface area contributed by atoms with E-state index in [0.29, 0.717) is 5.92 Å². The SMILES string of the molecule is NC1CCC(NC(=O)C23CC4CC(CF)(C2)CC(c2ccccc2)(C4)C3)CC1. The predicted octanol–water partition coefficient (Wildman–Crippen LogP) is 4.25. The molecule has 0 aromatic heterocycles. The molecule has 6 rings (SSSR count). The van der Waals surface area contributed by atoms with E-state index in [1.165, 1.54) is 5.56 Å². The number of carbonyl (C=O) groups excluding carboxylic acids is 1. The molecular formula is C24H33FN2O. The van der Waals surface area contributed by atoms with E-state index in [1.54, 1.807) is 0 Å². The third kappa shape index (κ3) is 2.91. The Hall–Kier alpha value is -1.42. The van der Waals surface area contributed by atoms with Gasteiger partial charge in [-0.3, -0.25) is 9.18 Å². The summed E-state index contributed by atoms with van der Waals surface area (Å²) in [5, 5.41) is 3.39. The van der Waals surface area contributed by atoms with Gasteiger partial charge in [0.05, 0.1) is 12.1 Å². The molecule has 1 aromatic carbocycles. The van der Waals surface area contributed by atoms with Gasteiger partial charge in [0.25, 0.3) is 0 Å². The number of amides is 1. The highest BCUT2D eigenvalue weighted by Gasteiger charge is 2.66. The van der Waals surface area contributed by atoms with Crippen LogP contribution in [-0.2, 0) is 10.2 Å². The number of hydrogen-bond donors (Lipinski definition) is 2. The topological polar surface area (TPSA) is 55.1 Å². The first-order valence-corrected chi connectivity index (χ1v) is 11.1. The van der Waals surface area contributed by atoms with E-state index in [2.05, 4.69) is 29.6 Å². The largest absolute Gasteiger partial charge is 0.353 e. The van der Waals surface area contributed by atoms with Crippen molar-refractivity contribution >= 4 is 5.91 Å². The van der Waals surface area contributed by atoms with Gasteiger partial charge < -0.3 is 11.1 Å². The number of benzene rings is 1. The van der Waals surface area contributed by atoms with Crippen LogP contribution in [-0.4, -0.2) is 24.7 Å². The second kappa shape index (κ2) is 6.55. The van der Waals surface area contributed by atoms with Crippen LogP contribution >= 0.6 is 0 Å². The monoisotopic (exact) mass is 384 g/mol. The number of halogens is 1. The standard InChI is InChI=1S/C24H33FN2O/c25-16-22-10-17-11-23(13-22,18-4-2-1-3-5-18)15-24(12-17,14-22)21(28)27-20-8-6-19(26)7-9-20/h1-5,17,19-20H,6-16,26H2,(H,27,28). The normalized spacial score (nSPS) is 44.4. The molecule has 4 atom stereocenters. The molecule has 4 unspecified atom stereocenters. The summed E-state index contributed by atoms with van der Waals surface area (Å²) in [7, 11) is 0. The molecule has 5 saturated carbocycles. The van der Waals surface area contributed by atoms with Gasteiger partial charge in [-0.25, -0.2) is 0 Å². The van der Waals surface area contributed by atoms with Gasteiger partial charge >= 0.3 is 0 Å². The number of hydrogen-bond acceptors (Lipinski definition) is 2. The molecule has 0 spiro atoms. The third-order valence-electron chi connectivity index (χ3n) is 8.44. The lowest BCUT2D eigenvalue weighted by atomic mass is 9.38. The van der Waals surface area contributed by atoms with Crippen molar-refractivity contribution in [3.8, 4) is 0 Å². The summed E-state index contributed by atoms with van der Waals surface area (Å²) >= 11 is 0. The number of nitrogens with two attached hydrogens (primary N) is 1. The van der Waals surface area contributed by atoms with Crippen LogP contribution < -0.4 is 11.1 Å². The fourth-order valence-corrected chi connectivity index (χ4v) is 7.76. The quantitative estimate of drug-likeness (QED) is 0.815. The van der Waals surface area contributed by atoms with Crippen molar-refractivity contribution in [2.24, 2.45) is 22.5 Å². The van der Waals surface area contributed by atoms with Gasteiger partial charge in [0, 0.05) is 17.5 Å². The van der Waals surface area contributed by atoms with Gasteiger partial charge in [-0.05, 0) is 81.1 Å². The van der Waals surface area contributed by atoms with E-state index in [1.807, 2.05) is 6.07 Å². The van der Waals surface area contributed by atoms with Gasteiger partial charge in [0.2, 0.25) is 5.91 Å². The van der Waals surface area contributed by atoms with E-state index in [0.717, 1.165) is 64.2 Å². The first kappa shape index (κ1) is 18.6. The Morgan fingerprint density at radius 3 is 2.50 bits per heavy atom. The Morgan fingerprint density at radius 1 is 1.04 bits per heavy atom. The number of nitrogens with one attached hydrogen (secondary N) is 1. The van der Waals surface area contributed by atoms with E-state index in [9.17, 15) is 9.18 Å². The number of alkyl halides is 1. The van der Waals surface area contributed by atoms with Crippen molar-refractivity contribution in [3.05, 3.63) is 35.9 Å². The molecule has 1 amide bonds. The van der Waals surface area contributed by atoms with Crippen molar-refractivity contribution in [2.75, 3.05) is 6.67 Å². The van der Waals surface area contributed by atoms with Crippen LogP contribution in [0.3, 0.4) is 0 Å². The number of carbonyl (C=O) groups is 1. The Labute approximate surface area is 167 Å². The molecule has 5 aliphatic rings. The summed E-state index contributed by atoms with van der Waals surface area (Å²) < 4.78 is 14.4. The summed E-state index contributed by atoms with van der Waals surface area (Å²) in [6, 6.07) is 11.2. The first-order chi connectivity index (χ1) is 13.5. The Morgan fingerprint density at radius 2 is 1.79 bits per heavy atom. The average Bonchev–Trinajstić information content (AvgIpc) is 2.69. The van der Waals surface area contributed by atoms with Crippen molar-refractivity contribution in [1.29, 1.82) is 0 Å². The van der Waals surface area contributed by atoms with E-state index in [-0.39, 0.29) is 40.9 Å². The van der Waals surface area contributed by atoms with E-state index >= 15 is 0 Å². The van der Waals surface area contributed by atoms with Crippen LogP contribution in [0.25, 0.3) is 0 Å². The zero-order valence-electron chi connectivity index (χ0n) is 16.8. The minimum atomic E-state index is -0.388. The van der Waals surface area contributed by atoms with E-state index in [4.69, 9.17) is 5.73 Å². The molecule has 152 valence electrons. The Bertz CT molecular complexity index is 746. The molecular weight excluding hydrogens is 351 g/mol. The van der Waals surface area contributed by atoms with Gasteiger partial charge in [-0.15, -0.1) is 0 Å². The summed E-state index contributed by atoms with van der Waals surface area (Å²) in [6.07, 6.45) is 9.49. The van der Waals surface area contributed by atoms with Crippen LogP contribution in [0, 0.1) is 16.7 Å². The van der Waals surface area contributed by atoms with Gasteiger partial charge in [-0.2, -0.15) is 0 Å². The molecule has 28 heavy (non-hydrogen) atoms. The molecule has 5 aliphatic carbocycles. The molecule has 0 saturated heterocycles. The second-order valence-corrected chi connectivity index (χ2v) is 10.7. The lowest BCUT2D eigenvalue weighted by molar-refractivity contribution is -0.166. The van der Waals surface area contributed by atoms with Gasteiger partial charge in [0.15, 0.2) is 0 Å². The maximum absolute atomic E-state index is 14.4. The fourth-order valence-electron chi connectivity index (χ4n) is 7.76. The highest BCUT2D eigenvalue weighted by molar-refractivity contribution is 5.84. The molecule has 0 radical (unpaired) electrons. The summed E-state index contributed by atoms with van der Waals surface area (Å²) in [6.45, 7) is -0.286. The lowest BCUT2D eigenvalue weighted by Crippen LogP contribution is -2.64. The lowest BCUT2D eigenvalue weighted by Gasteiger charge is -2.65. The summed E-state index contributed by atoms with van der Waals surface area (Å²) in [4.78, 5) is 13.6. The first-order valence-electron chi connectivity index (χ1n) is 11.1. The van der Waals surface area contributed by atoms with Gasteiger partial charge in [0.1, 0.15) is 0 Å². The van der Waals surface area contributed by atoms with Crippen LogP contribution in [0.5, 0.6) is 0 Å². The maximum atomic E-state index is 14.4. The average molecular weight is 385 g/mol. The summed E-state index contributed by atoms with van der Waals surface area (Å²) in [5.41, 5.74) is 6.63. The van der Waals surface area contributed by atoms with Crippen molar-refractivity contribution < 1.29 is 9.18 Å². The van der Waals surface area contributed by atoms with Gasteiger partial charge in [-0.1, -0.05) is 30.3 Å². The van der Waals surface area contributed by atoms with Crippen molar-refractivity contribution in [1.82, 2.24) is 5.32 Å². The van der Waals surface area contributed by atoms with Crippen LogP contribution in [0.2, 0.25) is 0 Å². The third-order valence-corrected chi connectivity index (χ3v) is 8.44. The molecule has 3 nitrogen and oxygen atoms in total. The van der Waals surface area contributed by atoms with Crippen molar-refractivity contribution in [2.45, 2.75) is 81.7 Å². The Balaban J connectivity index is 1.45. The zero-order valence-corrected chi connectivity index (χ0v) is 16.8. The molecule has 3 N–H and O–H groups in total. The number of rotatable bonds is 4. The zero-order chi connectivity index (χ0) is 19.4. The molecule has 4 bridgehead atoms. The molecule has 5 fully saturated rings. The summed E-state index contributed by atoms with van der Waals surface area (Å²) in [5.74, 6) is 0.674. The fraction of sp³-hybridized carbons (Fsp3) is 0.708. The van der Waals surface area contributed by atoms with Crippen LogP contribution in [0.15, 0.2) is 30.3 Å². The maximum Gasteiger partial charge on any atom is 0.226 e. The Kier molecular flexibility index (Phi) is 4.35. The van der Waals surface area contributed by atoms with E-state index < -0.39 is 0 Å². The second-order valence-electron chi connectivity index (χ2n) is 10.7. The minimum Gasteiger partial charge on any atom is -0.353 e. The predicted molar refractivity (Wildman–Crippen MR) is 109 cm³/mol. The highest BCUT2D eigenvalue weighted by Crippen LogP contribution is 2.70. The smallest absolute Gasteiger partial charge is 0.226 e. The molecule has 0 aliphatic heterocycles. The molecule has 4 heteroatoms. The highest BCUT2D eigenvalue weighted by atomic mass is 19.1. The minimum absolute atomic E-state index is 0.0287. The van der Waals surface area contributed by atoms with Crippen LogP contribution in [0.1, 0.15) is 69.8 Å². The van der Waals surface area contributed by atoms with Crippen LogP contribution in [0.4, 0.5) is 4.39 Å². The molecule has 0 heterocycles.